The summed E-state index contributed by atoms with van der Waals surface area (Å²) in [6.45, 7) is 7.99. The third kappa shape index (κ3) is 8.20. The fourth-order valence-corrected chi connectivity index (χ4v) is 2.61. The molecule has 1 aliphatic heterocycles. The summed E-state index contributed by atoms with van der Waals surface area (Å²) >= 11 is 0. The highest BCUT2D eigenvalue weighted by Gasteiger charge is 2.20. The Morgan fingerprint density at radius 1 is 1.25 bits per heavy atom. The van der Waals surface area contributed by atoms with E-state index in [4.69, 9.17) is 9.47 Å². The van der Waals surface area contributed by atoms with Crippen molar-refractivity contribution in [1.82, 2.24) is 5.32 Å². The van der Waals surface area contributed by atoms with Crippen LogP contribution in [0.5, 0.6) is 0 Å². The maximum Gasteiger partial charge on any atom is 0.0897 e. The summed E-state index contributed by atoms with van der Waals surface area (Å²) in [4.78, 5) is 0. The lowest BCUT2D eigenvalue weighted by molar-refractivity contribution is 0.0281. The summed E-state index contributed by atoms with van der Waals surface area (Å²) in [6, 6.07) is 0.443. The van der Waals surface area contributed by atoms with E-state index in [-0.39, 0.29) is 0 Å². The third-order valence-corrected chi connectivity index (χ3v) is 4.10. The number of nitrogens with one attached hydrogen (secondary N) is 1. The van der Waals surface area contributed by atoms with Gasteiger partial charge in [0.2, 0.25) is 0 Å². The first-order chi connectivity index (χ1) is 9.74. The van der Waals surface area contributed by atoms with Gasteiger partial charge in [-0.15, -0.1) is 0 Å². The van der Waals surface area contributed by atoms with Gasteiger partial charge in [0.15, 0.2) is 0 Å². The van der Waals surface area contributed by atoms with E-state index < -0.39 is 6.10 Å². The zero-order valence-electron chi connectivity index (χ0n) is 13.3. The van der Waals surface area contributed by atoms with Crippen LogP contribution in [0.4, 0.5) is 0 Å². The van der Waals surface area contributed by atoms with Crippen molar-refractivity contribution in [2.45, 2.75) is 64.5 Å². The standard InChI is InChI=1S/C16H33NO3/c1-3-4-5-6-9-20-13-16(18)12-17-14(2)15-7-10-19-11-8-15/h14-18H,3-13H2,1-2H3. The molecule has 0 radical (unpaired) electrons. The van der Waals surface area contributed by atoms with E-state index in [2.05, 4.69) is 19.2 Å². The SMILES string of the molecule is CCCCCCOCC(O)CNC(C)C1CCOCC1. The minimum absolute atomic E-state index is 0.400. The predicted molar refractivity (Wildman–Crippen MR) is 82.0 cm³/mol. The Hall–Kier alpha value is -0.160. The molecule has 0 aromatic heterocycles. The van der Waals surface area contributed by atoms with Crippen molar-refractivity contribution in [1.29, 1.82) is 0 Å². The van der Waals surface area contributed by atoms with Crippen LogP contribution < -0.4 is 5.32 Å². The molecule has 2 N–H and O–H groups in total. The zero-order chi connectivity index (χ0) is 14.6. The first-order valence-corrected chi connectivity index (χ1v) is 8.31. The van der Waals surface area contributed by atoms with E-state index in [1.54, 1.807) is 0 Å². The summed E-state index contributed by atoms with van der Waals surface area (Å²) in [5.41, 5.74) is 0. The molecular formula is C16H33NO3. The molecule has 1 rings (SSSR count). The zero-order valence-corrected chi connectivity index (χ0v) is 13.3. The summed E-state index contributed by atoms with van der Waals surface area (Å²) in [5, 5.41) is 13.3. The number of ether oxygens (including phenoxy) is 2. The van der Waals surface area contributed by atoms with E-state index >= 15 is 0 Å². The van der Waals surface area contributed by atoms with Crippen LogP contribution in [0.1, 0.15) is 52.4 Å². The molecule has 0 aromatic carbocycles. The number of rotatable bonds is 11. The van der Waals surface area contributed by atoms with Crippen LogP contribution in [0.2, 0.25) is 0 Å². The Morgan fingerprint density at radius 3 is 2.70 bits per heavy atom. The molecular weight excluding hydrogens is 254 g/mol. The smallest absolute Gasteiger partial charge is 0.0897 e. The second kappa shape index (κ2) is 11.5. The van der Waals surface area contributed by atoms with Crippen molar-refractivity contribution >= 4 is 0 Å². The van der Waals surface area contributed by atoms with Gasteiger partial charge in [-0.25, -0.2) is 0 Å². The largest absolute Gasteiger partial charge is 0.389 e. The van der Waals surface area contributed by atoms with Crippen molar-refractivity contribution < 1.29 is 14.6 Å². The molecule has 1 heterocycles. The van der Waals surface area contributed by atoms with Gasteiger partial charge in [0, 0.05) is 32.4 Å². The molecule has 0 saturated carbocycles. The van der Waals surface area contributed by atoms with Crippen LogP contribution in [0.3, 0.4) is 0 Å². The van der Waals surface area contributed by atoms with E-state index in [0.717, 1.165) is 39.1 Å². The quantitative estimate of drug-likeness (QED) is 0.573. The molecule has 1 saturated heterocycles. The second-order valence-electron chi connectivity index (χ2n) is 5.94. The van der Waals surface area contributed by atoms with Crippen LogP contribution in [0, 0.1) is 5.92 Å². The maximum atomic E-state index is 9.89. The highest BCUT2D eigenvalue weighted by Crippen LogP contribution is 2.18. The molecule has 0 amide bonds. The third-order valence-electron chi connectivity index (χ3n) is 4.10. The molecule has 2 unspecified atom stereocenters. The lowest BCUT2D eigenvalue weighted by atomic mass is 9.93. The number of aliphatic hydroxyl groups excluding tert-OH is 1. The number of hydrogen-bond donors (Lipinski definition) is 2. The van der Waals surface area contributed by atoms with Crippen LogP contribution in [-0.2, 0) is 9.47 Å². The van der Waals surface area contributed by atoms with Gasteiger partial charge in [0.1, 0.15) is 0 Å². The Balaban J connectivity index is 1.97. The van der Waals surface area contributed by atoms with Gasteiger partial charge < -0.3 is 19.9 Å². The average Bonchev–Trinajstić information content (AvgIpc) is 2.49. The molecule has 0 bridgehead atoms. The summed E-state index contributed by atoms with van der Waals surface area (Å²) in [5.74, 6) is 0.672. The summed E-state index contributed by atoms with van der Waals surface area (Å²) in [6.07, 6.45) is 6.70. The minimum Gasteiger partial charge on any atom is -0.389 e. The Kier molecular flexibility index (Phi) is 10.3. The van der Waals surface area contributed by atoms with E-state index in [1.807, 2.05) is 0 Å². The van der Waals surface area contributed by atoms with Gasteiger partial charge in [0.25, 0.3) is 0 Å². The fraction of sp³-hybridized carbons (Fsp3) is 1.00. The Labute approximate surface area is 124 Å². The van der Waals surface area contributed by atoms with Crippen molar-refractivity contribution in [2.24, 2.45) is 5.92 Å². The van der Waals surface area contributed by atoms with E-state index in [1.165, 1.54) is 19.3 Å². The molecule has 1 fully saturated rings. The molecule has 2 atom stereocenters. The Morgan fingerprint density at radius 2 is 2.00 bits per heavy atom. The van der Waals surface area contributed by atoms with Crippen LogP contribution >= 0.6 is 0 Å². The molecule has 4 heteroatoms. The van der Waals surface area contributed by atoms with Gasteiger partial charge in [0.05, 0.1) is 12.7 Å². The second-order valence-corrected chi connectivity index (χ2v) is 5.94. The molecule has 4 nitrogen and oxygen atoms in total. The van der Waals surface area contributed by atoms with Gasteiger partial charge in [-0.3, -0.25) is 0 Å². The maximum absolute atomic E-state index is 9.89. The number of aliphatic hydroxyl groups is 1. The highest BCUT2D eigenvalue weighted by molar-refractivity contribution is 4.75. The summed E-state index contributed by atoms with van der Waals surface area (Å²) < 4.78 is 10.9. The van der Waals surface area contributed by atoms with Crippen molar-refractivity contribution in [3.8, 4) is 0 Å². The lowest BCUT2D eigenvalue weighted by Gasteiger charge is -2.29. The van der Waals surface area contributed by atoms with Gasteiger partial charge in [-0.2, -0.15) is 0 Å². The predicted octanol–water partition coefficient (Wildman–Crippen LogP) is 2.35. The van der Waals surface area contributed by atoms with Gasteiger partial charge >= 0.3 is 0 Å². The monoisotopic (exact) mass is 287 g/mol. The first-order valence-electron chi connectivity index (χ1n) is 8.31. The van der Waals surface area contributed by atoms with Crippen LogP contribution in [0.15, 0.2) is 0 Å². The molecule has 0 spiro atoms. The van der Waals surface area contributed by atoms with Gasteiger partial charge in [-0.05, 0) is 32.1 Å². The summed E-state index contributed by atoms with van der Waals surface area (Å²) in [7, 11) is 0. The van der Waals surface area contributed by atoms with Crippen LogP contribution in [-0.4, -0.2) is 50.2 Å². The average molecular weight is 287 g/mol. The Bertz CT molecular complexity index is 220. The topological polar surface area (TPSA) is 50.7 Å². The number of unbranched alkanes of at least 4 members (excludes halogenated alkanes) is 3. The number of hydrogen-bond acceptors (Lipinski definition) is 4. The van der Waals surface area contributed by atoms with Crippen molar-refractivity contribution in [2.75, 3.05) is 33.0 Å². The lowest BCUT2D eigenvalue weighted by Crippen LogP contribution is -2.41. The fourth-order valence-electron chi connectivity index (χ4n) is 2.61. The van der Waals surface area contributed by atoms with Gasteiger partial charge in [-0.1, -0.05) is 26.2 Å². The minimum atomic E-state index is -0.400. The van der Waals surface area contributed by atoms with E-state index in [9.17, 15) is 5.11 Å². The normalized spacial score (nSPS) is 19.9. The molecule has 1 aliphatic rings. The van der Waals surface area contributed by atoms with Crippen LogP contribution in [0.25, 0.3) is 0 Å². The van der Waals surface area contributed by atoms with Crippen molar-refractivity contribution in [3.63, 3.8) is 0 Å². The first kappa shape index (κ1) is 17.9. The molecule has 20 heavy (non-hydrogen) atoms. The highest BCUT2D eigenvalue weighted by atomic mass is 16.5. The van der Waals surface area contributed by atoms with Crippen molar-refractivity contribution in [3.05, 3.63) is 0 Å². The molecule has 0 aromatic rings. The van der Waals surface area contributed by atoms with E-state index in [0.29, 0.717) is 25.1 Å². The molecule has 0 aliphatic carbocycles. The molecule has 120 valence electrons.